The molecule has 2 aromatic rings. The van der Waals surface area contributed by atoms with Crippen molar-refractivity contribution < 1.29 is 9.18 Å². The minimum absolute atomic E-state index is 0.0881. The number of hydrogen-bond acceptors (Lipinski definition) is 4. The van der Waals surface area contributed by atoms with Gasteiger partial charge in [-0.1, -0.05) is 23.9 Å². The zero-order chi connectivity index (χ0) is 17.1. The molecule has 0 saturated heterocycles. The van der Waals surface area contributed by atoms with Gasteiger partial charge in [0.05, 0.1) is 5.75 Å². The Labute approximate surface area is 145 Å². The first-order chi connectivity index (χ1) is 11.5. The third-order valence-electron chi connectivity index (χ3n) is 4.00. The largest absolute Gasteiger partial charge is 0.335 e. The van der Waals surface area contributed by atoms with Crippen LogP contribution < -0.4 is 0 Å². The van der Waals surface area contributed by atoms with E-state index in [9.17, 15) is 9.18 Å². The highest BCUT2D eigenvalue weighted by molar-refractivity contribution is 7.99. The molecular weight excluding hydrogens is 327 g/mol. The molecule has 1 aromatic heterocycles. The van der Waals surface area contributed by atoms with Crippen molar-refractivity contribution in [1.29, 1.82) is 0 Å². The highest BCUT2D eigenvalue weighted by Crippen LogP contribution is 2.30. The van der Waals surface area contributed by atoms with Crippen LogP contribution in [0.2, 0.25) is 0 Å². The Morgan fingerprint density at radius 3 is 2.71 bits per heavy atom. The van der Waals surface area contributed by atoms with Crippen LogP contribution in [0.15, 0.2) is 35.7 Å². The van der Waals surface area contributed by atoms with E-state index in [0.717, 1.165) is 23.6 Å². The molecule has 5 nitrogen and oxygen atoms in total. The monoisotopic (exact) mass is 348 g/mol. The van der Waals surface area contributed by atoms with Gasteiger partial charge in [-0.25, -0.2) is 4.39 Å². The van der Waals surface area contributed by atoms with Gasteiger partial charge in [0.25, 0.3) is 0 Å². The number of nitrogens with zero attached hydrogens (tertiary/aromatic N) is 4. The van der Waals surface area contributed by atoms with Gasteiger partial charge >= 0.3 is 0 Å². The molecule has 0 bridgehead atoms. The average molecular weight is 348 g/mol. The third-order valence-corrected chi connectivity index (χ3v) is 4.94. The minimum atomic E-state index is -0.258. The van der Waals surface area contributed by atoms with Crippen LogP contribution in [0.25, 0.3) is 0 Å². The molecular formula is C17H21FN4OS. The second-order valence-corrected chi connectivity index (χ2v) is 7.22. The first-order valence-electron chi connectivity index (χ1n) is 8.11. The van der Waals surface area contributed by atoms with Crippen LogP contribution in [0.1, 0.15) is 38.3 Å². The van der Waals surface area contributed by atoms with Gasteiger partial charge in [-0.3, -0.25) is 4.79 Å². The molecule has 0 atom stereocenters. The van der Waals surface area contributed by atoms with Crippen molar-refractivity contribution >= 4 is 17.7 Å². The molecule has 1 amide bonds. The van der Waals surface area contributed by atoms with E-state index in [0.29, 0.717) is 18.3 Å². The zero-order valence-electron chi connectivity index (χ0n) is 13.9. The van der Waals surface area contributed by atoms with E-state index in [1.54, 1.807) is 18.5 Å². The van der Waals surface area contributed by atoms with Crippen LogP contribution >= 0.6 is 11.8 Å². The summed E-state index contributed by atoms with van der Waals surface area (Å²) in [5.74, 6) is 0.167. The number of aromatic nitrogens is 3. The van der Waals surface area contributed by atoms with Gasteiger partial charge in [0.2, 0.25) is 5.91 Å². The standard InChI is InChI=1S/C17H21FN4OS/c1-12(2)22-11-19-20-17(22)24-10-16(23)21(15-7-8-15)9-13-3-5-14(18)6-4-13/h3-6,11-12,15H,7-10H2,1-2H3. The molecule has 0 N–H and O–H groups in total. The van der Waals surface area contributed by atoms with Crippen LogP contribution in [0.4, 0.5) is 4.39 Å². The fourth-order valence-electron chi connectivity index (χ4n) is 2.49. The summed E-state index contributed by atoms with van der Waals surface area (Å²) in [6.07, 6.45) is 3.77. The van der Waals surface area contributed by atoms with Crippen LogP contribution in [0, 0.1) is 5.82 Å². The Bertz CT molecular complexity index is 697. The smallest absolute Gasteiger partial charge is 0.233 e. The summed E-state index contributed by atoms with van der Waals surface area (Å²) in [6.45, 7) is 4.64. The zero-order valence-corrected chi connectivity index (χ0v) is 14.7. The number of halogens is 1. The topological polar surface area (TPSA) is 51.0 Å². The molecule has 24 heavy (non-hydrogen) atoms. The van der Waals surface area contributed by atoms with Crippen molar-refractivity contribution in [1.82, 2.24) is 19.7 Å². The van der Waals surface area contributed by atoms with Crippen LogP contribution in [0.3, 0.4) is 0 Å². The number of carbonyl (C=O) groups excluding carboxylic acids is 1. The first kappa shape index (κ1) is 17.0. The predicted molar refractivity (Wildman–Crippen MR) is 91.1 cm³/mol. The van der Waals surface area contributed by atoms with Crippen molar-refractivity contribution in [2.75, 3.05) is 5.75 Å². The minimum Gasteiger partial charge on any atom is -0.335 e. The second kappa shape index (κ2) is 7.34. The van der Waals surface area contributed by atoms with Gasteiger partial charge in [-0.15, -0.1) is 10.2 Å². The number of benzene rings is 1. The van der Waals surface area contributed by atoms with Crippen molar-refractivity contribution in [3.05, 3.63) is 42.0 Å². The molecule has 1 aliphatic rings. The molecule has 7 heteroatoms. The van der Waals surface area contributed by atoms with Crippen LogP contribution in [-0.2, 0) is 11.3 Å². The van der Waals surface area contributed by atoms with Gasteiger partial charge in [0.1, 0.15) is 12.1 Å². The van der Waals surface area contributed by atoms with E-state index in [4.69, 9.17) is 0 Å². The second-order valence-electron chi connectivity index (χ2n) is 6.28. The lowest BCUT2D eigenvalue weighted by Gasteiger charge is -2.22. The van der Waals surface area contributed by atoms with Crippen molar-refractivity contribution in [3.8, 4) is 0 Å². The SMILES string of the molecule is CC(C)n1cnnc1SCC(=O)N(Cc1ccc(F)cc1)C1CC1. The van der Waals surface area contributed by atoms with Crippen molar-refractivity contribution in [2.45, 2.75) is 50.5 Å². The number of rotatable bonds is 7. The molecule has 1 aliphatic carbocycles. The average Bonchev–Trinajstić information content (AvgIpc) is 3.28. The van der Waals surface area contributed by atoms with Gasteiger partial charge in [0.15, 0.2) is 5.16 Å². The van der Waals surface area contributed by atoms with E-state index >= 15 is 0 Å². The molecule has 1 fully saturated rings. The van der Waals surface area contributed by atoms with Crippen molar-refractivity contribution in [2.24, 2.45) is 0 Å². The fourth-order valence-corrected chi connectivity index (χ4v) is 3.42. The van der Waals surface area contributed by atoms with E-state index in [2.05, 4.69) is 24.0 Å². The fraction of sp³-hybridized carbons (Fsp3) is 0.471. The van der Waals surface area contributed by atoms with Crippen molar-refractivity contribution in [3.63, 3.8) is 0 Å². The summed E-state index contributed by atoms with van der Waals surface area (Å²) in [6, 6.07) is 6.92. The third kappa shape index (κ3) is 4.14. The molecule has 1 saturated carbocycles. The van der Waals surface area contributed by atoms with Crippen LogP contribution in [0.5, 0.6) is 0 Å². The molecule has 1 heterocycles. The normalized spacial score (nSPS) is 14.2. The van der Waals surface area contributed by atoms with E-state index < -0.39 is 0 Å². The Morgan fingerprint density at radius 1 is 1.38 bits per heavy atom. The first-order valence-corrected chi connectivity index (χ1v) is 9.09. The summed E-state index contributed by atoms with van der Waals surface area (Å²) in [4.78, 5) is 14.5. The highest BCUT2D eigenvalue weighted by atomic mass is 32.2. The van der Waals surface area contributed by atoms with Gasteiger partial charge in [-0.05, 0) is 44.4 Å². The highest BCUT2D eigenvalue weighted by Gasteiger charge is 2.32. The number of thioether (sulfide) groups is 1. The molecule has 0 spiro atoms. The Kier molecular flexibility index (Phi) is 5.18. The Balaban J connectivity index is 1.62. The number of carbonyl (C=O) groups is 1. The maximum atomic E-state index is 13.0. The summed E-state index contributed by atoms with van der Waals surface area (Å²) in [5.41, 5.74) is 0.951. The maximum absolute atomic E-state index is 13.0. The quantitative estimate of drug-likeness (QED) is 0.721. The Morgan fingerprint density at radius 2 is 2.08 bits per heavy atom. The lowest BCUT2D eigenvalue weighted by Crippen LogP contribution is -2.34. The van der Waals surface area contributed by atoms with Gasteiger partial charge < -0.3 is 9.47 Å². The lowest BCUT2D eigenvalue weighted by atomic mass is 10.2. The van der Waals surface area contributed by atoms with Crippen LogP contribution in [-0.4, -0.2) is 37.4 Å². The molecule has 0 aliphatic heterocycles. The summed E-state index contributed by atoms with van der Waals surface area (Å²) < 4.78 is 15.0. The van der Waals surface area contributed by atoms with Gasteiger partial charge in [0, 0.05) is 18.6 Å². The lowest BCUT2D eigenvalue weighted by molar-refractivity contribution is -0.129. The molecule has 128 valence electrons. The molecule has 1 aromatic carbocycles. The number of amides is 1. The van der Waals surface area contributed by atoms with E-state index in [1.165, 1.54) is 23.9 Å². The predicted octanol–water partition coefficient (Wildman–Crippen LogP) is 3.28. The number of hydrogen-bond donors (Lipinski definition) is 0. The van der Waals surface area contributed by atoms with E-state index in [1.807, 2.05) is 9.47 Å². The Hall–Kier alpha value is -1.89. The summed E-state index contributed by atoms with van der Waals surface area (Å²) in [5, 5.41) is 8.77. The molecule has 0 unspecified atom stereocenters. The molecule has 3 rings (SSSR count). The van der Waals surface area contributed by atoms with E-state index in [-0.39, 0.29) is 17.8 Å². The summed E-state index contributed by atoms with van der Waals surface area (Å²) in [7, 11) is 0. The molecule has 0 radical (unpaired) electrons. The maximum Gasteiger partial charge on any atom is 0.233 e. The van der Waals surface area contributed by atoms with Gasteiger partial charge in [-0.2, -0.15) is 0 Å². The summed E-state index contributed by atoms with van der Waals surface area (Å²) >= 11 is 1.41.